The van der Waals surface area contributed by atoms with Gasteiger partial charge in [-0.3, -0.25) is 18.7 Å². The number of ether oxygens (including phenoxy) is 1. The van der Waals surface area contributed by atoms with Crippen LogP contribution >= 0.6 is 0 Å². The summed E-state index contributed by atoms with van der Waals surface area (Å²) in [5.74, 6) is -2.01. The lowest BCUT2D eigenvalue weighted by atomic mass is 10.1. The average molecular weight is 541 g/mol. The highest BCUT2D eigenvalue weighted by molar-refractivity contribution is 5.94. The van der Waals surface area contributed by atoms with E-state index in [-0.39, 0.29) is 36.7 Å². The van der Waals surface area contributed by atoms with E-state index in [1.165, 1.54) is 11.0 Å². The van der Waals surface area contributed by atoms with E-state index >= 15 is 0 Å². The van der Waals surface area contributed by atoms with Gasteiger partial charge < -0.3 is 15.0 Å². The number of nitrogens with zero attached hydrogens (tertiary/aromatic N) is 3. The molecule has 1 saturated heterocycles. The van der Waals surface area contributed by atoms with Crippen molar-refractivity contribution in [1.82, 2.24) is 14.5 Å². The van der Waals surface area contributed by atoms with Gasteiger partial charge in [0.05, 0.1) is 19.1 Å². The topological polar surface area (TPSA) is 103 Å². The monoisotopic (exact) mass is 540 g/mol. The minimum Gasteiger partial charge on any atom is -0.444 e. The van der Waals surface area contributed by atoms with E-state index in [1.54, 1.807) is 51.1 Å². The molecule has 3 aromatic rings. The maximum atomic E-state index is 14.5. The number of aromatic nitrogens is 2. The zero-order chi connectivity index (χ0) is 28.3. The van der Waals surface area contributed by atoms with Crippen LogP contribution in [0, 0.1) is 11.6 Å². The van der Waals surface area contributed by atoms with E-state index in [0.717, 1.165) is 27.5 Å². The molecule has 1 N–H and O–H groups in total. The molecule has 4 rings (SSSR count). The minimum absolute atomic E-state index is 0.0853. The molecule has 1 aromatic heterocycles. The molecular weight excluding hydrogens is 510 g/mol. The third kappa shape index (κ3) is 6.42. The van der Waals surface area contributed by atoms with Crippen molar-refractivity contribution in [3.05, 3.63) is 98.3 Å². The molecule has 0 spiro atoms. The molecule has 0 radical (unpaired) electrons. The van der Waals surface area contributed by atoms with Crippen molar-refractivity contribution < 1.29 is 23.1 Å². The maximum Gasteiger partial charge on any atom is 0.408 e. The van der Waals surface area contributed by atoms with Crippen LogP contribution in [0.4, 0.5) is 19.3 Å². The molecule has 2 heterocycles. The molecule has 1 unspecified atom stereocenters. The summed E-state index contributed by atoms with van der Waals surface area (Å²) in [5, 5.41) is 2.71. The predicted octanol–water partition coefficient (Wildman–Crippen LogP) is 3.73. The summed E-state index contributed by atoms with van der Waals surface area (Å²) in [5.41, 5.74) is -2.27. The third-order valence-electron chi connectivity index (χ3n) is 6.23. The third-order valence-corrected chi connectivity index (χ3v) is 6.23. The summed E-state index contributed by atoms with van der Waals surface area (Å²) < 4.78 is 36.2. The number of alkyl carbamates (subject to hydrolysis) is 1. The Labute approximate surface area is 223 Å². The number of carbonyl (C=O) groups is 2. The zero-order valence-electron chi connectivity index (χ0n) is 21.9. The van der Waals surface area contributed by atoms with Crippen LogP contribution in [-0.2, 0) is 22.6 Å². The molecule has 1 aliphatic rings. The Morgan fingerprint density at radius 1 is 1.03 bits per heavy atom. The van der Waals surface area contributed by atoms with Crippen molar-refractivity contribution in [1.29, 1.82) is 0 Å². The summed E-state index contributed by atoms with van der Waals surface area (Å²) in [6, 6.07) is 11.1. The highest BCUT2D eigenvalue weighted by Crippen LogP contribution is 2.20. The van der Waals surface area contributed by atoms with Gasteiger partial charge in [0.15, 0.2) is 0 Å². The van der Waals surface area contributed by atoms with Gasteiger partial charge in [0.25, 0.3) is 5.56 Å². The molecule has 0 aliphatic carbocycles. The number of rotatable bonds is 7. The van der Waals surface area contributed by atoms with Crippen molar-refractivity contribution in [3.63, 3.8) is 0 Å². The number of hydrogen-bond donors (Lipinski definition) is 1. The van der Waals surface area contributed by atoms with Crippen LogP contribution in [0.25, 0.3) is 0 Å². The lowest BCUT2D eigenvalue weighted by Gasteiger charge is -2.25. The van der Waals surface area contributed by atoms with Crippen LogP contribution in [0.1, 0.15) is 50.8 Å². The van der Waals surface area contributed by atoms with Gasteiger partial charge >= 0.3 is 11.8 Å². The van der Waals surface area contributed by atoms with E-state index in [9.17, 15) is 28.0 Å². The number of benzene rings is 2. The van der Waals surface area contributed by atoms with Crippen LogP contribution in [-0.4, -0.2) is 33.3 Å². The van der Waals surface area contributed by atoms with Crippen molar-refractivity contribution in [2.45, 2.75) is 58.3 Å². The fourth-order valence-corrected chi connectivity index (χ4v) is 4.41. The second-order valence-electron chi connectivity index (χ2n) is 10.3. The fraction of sp³-hybridized carbons (Fsp3) is 0.357. The van der Waals surface area contributed by atoms with Gasteiger partial charge in [-0.2, -0.15) is 0 Å². The number of carbonyl (C=O) groups excluding carboxylic acids is 2. The van der Waals surface area contributed by atoms with Gasteiger partial charge in [0.2, 0.25) is 5.91 Å². The van der Waals surface area contributed by atoms with Crippen molar-refractivity contribution in [2.24, 2.45) is 0 Å². The molecule has 1 fully saturated rings. The molecule has 2 amide bonds. The van der Waals surface area contributed by atoms with Gasteiger partial charge in [-0.25, -0.2) is 18.4 Å². The predicted molar refractivity (Wildman–Crippen MR) is 141 cm³/mol. The van der Waals surface area contributed by atoms with Crippen LogP contribution in [0.15, 0.2) is 64.3 Å². The molecule has 11 heteroatoms. The van der Waals surface area contributed by atoms with E-state index < -0.39 is 47.2 Å². The van der Waals surface area contributed by atoms with Gasteiger partial charge in [-0.15, -0.1) is 0 Å². The molecule has 39 heavy (non-hydrogen) atoms. The molecule has 206 valence electrons. The van der Waals surface area contributed by atoms with Crippen LogP contribution in [0.2, 0.25) is 0 Å². The first-order valence-electron chi connectivity index (χ1n) is 12.6. The van der Waals surface area contributed by atoms with Crippen molar-refractivity contribution in [3.8, 4) is 0 Å². The Morgan fingerprint density at radius 3 is 2.28 bits per heavy atom. The first-order chi connectivity index (χ1) is 18.4. The second-order valence-corrected chi connectivity index (χ2v) is 10.3. The Morgan fingerprint density at radius 2 is 1.69 bits per heavy atom. The molecule has 2 aromatic carbocycles. The Bertz CT molecular complexity index is 1470. The number of nitrogens with one attached hydrogen (secondary N) is 1. The number of halogens is 2. The molecule has 0 bridgehead atoms. The van der Waals surface area contributed by atoms with Crippen LogP contribution < -0.4 is 21.5 Å². The fourth-order valence-electron chi connectivity index (χ4n) is 4.41. The number of anilines is 1. The zero-order valence-corrected chi connectivity index (χ0v) is 21.9. The van der Waals surface area contributed by atoms with E-state index in [0.29, 0.717) is 12.0 Å². The molecule has 1 atom stereocenters. The van der Waals surface area contributed by atoms with Gasteiger partial charge in [0.1, 0.15) is 22.9 Å². The van der Waals surface area contributed by atoms with Crippen LogP contribution in [0.3, 0.4) is 0 Å². The largest absolute Gasteiger partial charge is 0.444 e. The number of hydrogen-bond acceptors (Lipinski definition) is 5. The average Bonchev–Trinajstić information content (AvgIpc) is 3.29. The minimum atomic E-state index is -0.880. The summed E-state index contributed by atoms with van der Waals surface area (Å²) in [6.45, 7) is 4.53. The first-order valence-corrected chi connectivity index (χ1v) is 12.6. The summed E-state index contributed by atoms with van der Waals surface area (Å²) in [6.07, 6.45) is 1.15. The maximum absolute atomic E-state index is 14.5. The summed E-state index contributed by atoms with van der Waals surface area (Å²) in [4.78, 5) is 53.6. The number of amides is 2. The first kappa shape index (κ1) is 27.7. The Balaban J connectivity index is 1.82. The quantitative estimate of drug-likeness (QED) is 0.492. The standard InChI is InChI=1S/C28H30F2N4O5/c1-28(2,3)39-26(37)31-22(18-9-5-4-6-10-18)16-34-25(36)23(33-14-8-13-24(33)35)17-32(27(34)38)15-19-20(29)11-7-12-21(19)30/h4-7,9-12,17,22H,8,13-16H2,1-3H3,(H,31,37). The molecule has 1 aliphatic heterocycles. The summed E-state index contributed by atoms with van der Waals surface area (Å²) in [7, 11) is 0. The normalized spacial score (nSPS) is 14.4. The van der Waals surface area contributed by atoms with E-state index in [4.69, 9.17) is 4.74 Å². The van der Waals surface area contributed by atoms with Crippen molar-refractivity contribution in [2.75, 3.05) is 11.4 Å². The Kier molecular flexibility index (Phi) is 7.98. The smallest absolute Gasteiger partial charge is 0.408 e. The highest BCUT2D eigenvalue weighted by atomic mass is 19.1. The van der Waals surface area contributed by atoms with E-state index in [1.807, 2.05) is 0 Å². The molecule has 0 saturated carbocycles. The molecule has 9 nitrogen and oxygen atoms in total. The second kappa shape index (κ2) is 11.2. The van der Waals surface area contributed by atoms with Crippen molar-refractivity contribution >= 4 is 17.7 Å². The summed E-state index contributed by atoms with van der Waals surface area (Å²) >= 11 is 0. The highest BCUT2D eigenvalue weighted by Gasteiger charge is 2.28. The lowest BCUT2D eigenvalue weighted by molar-refractivity contribution is -0.117. The van der Waals surface area contributed by atoms with E-state index in [2.05, 4.69) is 5.32 Å². The van der Waals surface area contributed by atoms with Gasteiger partial charge in [-0.05, 0) is 44.9 Å². The SMILES string of the molecule is CC(C)(C)OC(=O)NC(Cn1c(=O)c(N2CCCC2=O)cn(Cc2c(F)cccc2F)c1=O)c1ccccc1. The molecular formula is C28H30F2N4O5. The lowest BCUT2D eigenvalue weighted by Crippen LogP contribution is -2.46. The van der Waals surface area contributed by atoms with Gasteiger partial charge in [0, 0.05) is 24.7 Å². The van der Waals surface area contributed by atoms with Gasteiger partial charge in [-0.1, -0.05) is 36.4 Å². The van der Waals surface area contributed by atoms with Crippen LogP contribution in [0.5, 0.6) is 0 Å². The Hall–Kier alpha value is -4.28.